The molecule has 0 unspecified atom stereocenters. The molecule has 0 spiro atoms. The number of hydrogen-bond acceptors (Lipinski definition) is 4. The molecule has 1 amide bonds. The molecule has 0 aliphatic rings. The van der Waals surface area contributed by atoms with E-state index in [0.717, 1.165) is 0 Å². The van der Waals surface area contributed by atoms with Crippen LogP contribution in [0.3, 0.4) is 0 Å². The third-order valence-corrected chi connectivity index (χ3v) is 4.27. The molecular weight excluding hydrogens is 382 g/mol. The van der Waals surface area contributed by atoms with Crippen LogP contribution < -0.4 is 10.5 Å². The predicted octanol–water partition coefficient (Wildman–Crippen LogP) is 2.40. The van der Waals surface area contributed by atoms with Crippen LogP contribution in [-0.4, -0.2) is 19.3 Å². The van der Waals surface area contributed by atoms with Crippen molar-refractivity contribution in [3.05, 3.63) is 51.7 Å². The highest BCUT2D eigenvalue weighted by atomic mass is 79.9. The van der Waals surface area contributed by atoms with Crippen molar-refractivity contribution in [2.45, 2.75) is 4.90 Å². The first-order valence-corrected chi connectivity index (χ1v) is 8.24. The minimum absolute atomic E-state index is 0.0583. The zero-order valence-electron chi connectivity index (χ0n) is 10.4. The van der Waals surface area contributed by atoms with Crippen molar-refractivity contribution in [1.29, 1.82) is 0 Å². The highest BCUT2D eigenvalue weighted by Gasteiger charge is 2.13. The number of aromatic nitrogens is 1. The third-order valence-electron chi connectivity index (χ3n) is 2.48. The summed E-state index contributed by atoms with van der Waals surface area (Å²) >= 11 is 8.87. The SMILES string of the molecule is NS(=O)(=O)c1ccc(NC(=O)c2ccc(Cl)cn2)c(Br)c1. The Morgan fingerprint density at radius 1 is 1.29 bits per heavy atom. The number of anilines is 1. The second kappa shape index (κ2) is 6.10. The summed E-state index contributed by atoms with van der Waals surface area (Å²) in [6.07, 6.45) is 1.36. The van der Waals surface area contributed by atoms with Crippen LogP contribution in [0.15, 0.2) is 45.9 Å². The monoisotopic (exact) mass is 389 g/mol. The van der Waals surface area contributed by atoms with Gasteiger partial charge in [-0.1, -0.05) is 11.6 Å². The Morgan fingerprint density at radius 3 is 2.52 bits per heavy atom. The maximum Gasteiger partial charge on any atom is 0.274 e. The lowest BCUT2D eigenvalue weighted by Crippen LogP contribution is -2.15. The number of nitrogens with one attached hydrogen (secondary N) is 1. The van der Waals surface area contributed by atoms with Crippen LogP contribution in [0.2, 0.25) is 5.02 Å². The number of sulfonamides is 1. The molecule has 0 aliphatic heterocycles. The molecular formula is C12H9BrClN3O3S. The number of carbonyl (C=O) groups excluding carboxylic acids is 1. The zero-order valence-corrected chi connectivity index (χ0v) is 13.5. The van der Waals surface area contributed by atoms with E-state index in [1.54, 1.807) is 6.07 Å². The van der Waals surface area contributed by atoms with E-state index in [1.165, 1.54) is 30.5 Å². The molecule has 3 N–H and O–H groups in total. The molecule has 0 radical (unpaired) electrons. The summed E-state index contributed by atoms with van der Waals surface area (Å²) < 4.78 is 22.8. The fourth-order valence-electron chi connectivity index (χ4n) is 1.47. The van der Waals surface area contributed by atoms with E-state index in [-0.39, 0.29) is 10.6 Å². The van der Waals surface area contributed by atoms with Gasteiger partial charge in [-0.25, -0.2) is 18.5 Å². The average Bonchev–Trinajstić information content (AvgIpc) is 2.40. The highest BCUT2D eigenvalue weighted by Crippen LogP contribution is 2.25. The summed E-state index contributed by atoms with van der Waals surface area (Å²) in [5.41, 5.74) is 0.575. The Kier molecular flexibility index (Phi) is 4.62. The van der Waals surface area contributed by atoms with E-state index < -0.39 is 15.9 Å². The van der Waals surface area contributed by atoms with Gasteiger partial charge in [0.2, 0.25) is 10.0 Å². The van der Waals surface area contributed by atoms with E-state index >= 15 is 0 Å². The fraction of sp³-hybridized carbons (Fsp3) is 0. The number of halogens is 2. The van der Waals surface area contributed by atoms with E-state index in [0.29, 0.717) is 15.2 Å². The first kappa shape index (κ1) is 15.9. The van der Waals surface area contributed by atoms with Crippen molar-refractivity contribution in [2.75, 3.05) is 5.32 Å². The van der Waals surface area contributed by atoms with Gasteiger partial charge in [-0.05, 0) is 46.3 Å². The summed E-state index contributed by atoms with van der Waals surface area (Å²) in [5.74, 6) is -0.448. The van der Waals surface area contributed by atoms with Crippen LogP contribution in [0.1, 0.15) is 10.5 Å². The van der Waals surface area contributed by atoms with Gasteiger partial charge >= 0.3 is 0 Å². The van der Waals surface area contributed by atoms with Gasteiger partial charge in [-0.15, -0.1) is 0 Å². The number of amides is 1. The first-order valence-electron chi connectivity index (χ1n) is 5.52. The summed E-state index contributed by atoms with van der Waals surface area (Å²) in [4.78, 5) is 15.8. The summed E-state index contributed by atoms with van der Waals surface area (Å²) in [5, 5.41) is 8.04. The lowest BCUT2D eigenvalue weighted by molar-refractivity contribution is 0.102. The molecule has 21 heavy (non-hydrogen) atoms. The molecule has 9 heteroatoms. The number of primary sulfonamides is 1. The second-order valence-corrected chi connectivity index (χ2v) is 6.85. The van der Waals surface area contributed by atoms with Crippen molar-refractivity contribution in [3.63, 3.8) is 0 Å². The smallest absolute Gasteiger partial charge is 0.274 e. The molecule has 6 nitrogen and oxygen atoms in total. The average molecular weight is 391 g/mol. The normalized spacial score (nSPS) is 11.2. The molecule has 110 valence electrons. The molecule has 0 atom stereocenters. The van der Waals surface area contributed by atoms with Crippen molar-refractivity contribution >= 4 is 49.1 Å². The number of carbonyl (C=O) groups is 1. The van der Waals surface area contributed by atoms with Crippen LogP contribution in [0.4, 0.5) is 5.69 Å². The van der Waals surface area contributed by atoms with E-state index in [9.17, 15) is 13.2 Å². The Bertz CT molecular complexity index is 794. The van der Waals surface area contributed by atoms with Crippen molar-refractivity contribution in [1.82, 2.24) is 4.98 Å². The van der Waals surface area contributed by atoms with E-state index in [2.05, 4.69) is 26.2 Å². The number of pyridine rings is 1. The van der Waals surface area contributed by atoms with Gasteiger partial charge in [0.1, 0.15) is 5.69 Å². The molecule has 0 saturated carbocycles. The van der Waals surface area contributed by atoms with Gasteiger partial charge in [0, 0.05) is 10.7 Å². The van der Waals surface area contributed by atoms with Crippen molar-refractivity contribution in [3.8, 4) is 0 Å². The highest BCUT2D eigenvalue weighted by molar-refractivity contribution is 9.10. The summed E-state index contributed by atoms with van der Waals surface area (Å²) in [6, 6.07) is 7.05. The van der Waals surface area contributed by atoms with Crippen LogP contribution >= 0.6 is 27.5 Å². The lowest BCUT2D eigenvalue weighted by atomic mass is 10.3. The molecule has 0 saturated heterocycles. The number of nitrogens with two attached hydrogens (primary N) is 1. The number of rotatable bonds is 3. The predicted molar refractivity (Wildman–Crippen MR) is 82.7 cm³/mol. The Labute approximate surface area is 134 Å². The maximum atomic E-state index is 12.0. The lowest BCUT2D eigenvalue weighted by Gasteiger charge is -2.08. The topological polar surface area (TPSA) is 102 Å². The number of nitrogens with zero attached hydrogens (tertiary/aromatic N) is 1. The van der Waals surface area contributed by atoms with Crippen LogP contribution in [-0.2, 0) is 10.0 Å². The molecule has 0 bridgehead atoms. The van der Waals surface area contributed by atoms with Crippen LogP contribution in [0.25, 0.3) is 0 Å². The molecule has 1 heterocycles. The Balaban J connectivity index is 2.24. The van der Waals surface area contributed by atoms with E-state index in [1.807, 2.05) is 0 Å². The first-order chi connectivity index (χ1) is 9.77. The summed E-state index contributed by atoms with van der Waals surface area (Å²) in [7, 11) is -3.80. The van der Waals surface area contributed by atoms with Crippen molar-refractivity contribution in [2.24, 2.45) is 5.14 Å². The molecule has 2 rings (SSSR count). The van der Waals surface area contributed by atoms with Gasteiger partial charge in [-0.3, -0.25) is 4.79 Å². The van der Waals surface area contributed by atoms with E-state index in [4.69, 9.17) is 16.7 Å². The quantitative estimate of drug-likeness (QED) is 0.840. The molecule has 1 aromatic carbocycles. The largest absolute Gasteiger partial charge is 0.320 e. The molecule has 2 aromatic rings. The molecule has 0 fully saturated rings. The minimum Gasteiger partial charge on any atom is -0.320 e. The fourth-order valence-corrected chi connectivity index (χ4v) is 2.75. The minimum atomic E-state index is -3.80. The van der Waals surface area contributed by atoms with Crippen molar-refractivity contribution < 1.29 is 13.2 Å². The van der Waals surface area contributed by atoms with Crippen LogP contribution in [0, 0.1) is 0 Å². The van der Waals surface area contributed by atoms with Gasteiger partial charge < -0.3 is 5.32 Å². The Morgan fingerprint density at radius 2 is 2.00 bits per heavy atom. The number of hydrogen-bond donors (Lipinski definition) is 2. The zero-order chi connectivity index (χ0) is 15.6. The third kappa shape index (κ3) is 4.01. The van der Waals surface area contributed by atoms with Gasteiger partial charge in [-0.2, -0.15) is 0 Å². The summed E-state index contributed by atoms with van der Waals surface area (Å²) in [6.45, 7) is 0. The van der Waals surface area contributed by atoms with Crippen LogP contribution in [0.5, 0.6) is 0 Å². The molecule has 1 aromatic heterocycles. The Hall–Kier alpha value is -1.48. The van der Waals surface area contributed by atoms with Gasteiger partial charge in [0.25, 0.3) is 5.91 Å². The number of benzene rings is 1. The van der Waals surface area contributed by atoms with Gasteiger partial charge in [0.15, 0.2) is 0 Å². The van der Waals surface area contributed by atoms with Gasteiger partial charge in [0.05, 0.1) is 15.6 Å². The molecule has 0 aliphatic carbocycles. The second-order valence-electron chi connectivity index (χ2n) is 4.00. The maximum absolute atomic E-state index is 12.0. The standard InChI is InChI=1S/C12H9BrClN3O3S/c13-9-5-8(21(15,19)20)2-4-10(9)17-12(18)11-3-1-7(14)6-16-11/h1-6H,(H,17,18)(H2,15,19,20).